The molecule has 0 amide bonds. The van der Waals surface area contributed by atoms with Crippen LogP contribution in [0.5, 0.6) is 0 Å². The predicted octanol–water partition coefficient (Wildman–Crippen LogP) is 3.39. The van der Waals surface area contributed by atoms with Gasteiger partial charge in [-0.05, 0) is 18.2 Å². The van der Waals surface area contributed by atoms with E-state index < -0.39 is 11.3 Å². The van der Waals surface area contributed by atoms with Crippen molar-refractivity contribution < 1.29 is 8.83 Å². The molecule has 2 heterocycles. The van der Waals surface area contributed by atoms with Crippen LogP contribution < -0.4 is 11.3 Å². The molecule has 5 rings (SSSR count). The highest BCUT2D eigenvalue weighted by Crippen LogP contribution is 2.40. The second kappa shape index (κ2) is 4.69. The fourth-order valence-corrected chi connectivity index (χ4v) is 3.55. The minimum Gasteiger partial charge on any atom is -0.455 e. The number of hydrogen-bond acceptors (Lipinski definition) is 6. The fraction of sp³-hybridized carbons (Fsp3) is 0. The highest BCUT2D eigenvalue weighted by atomic mass is 16.4. The van der Waals surface area contributed by atoms with Crippen molar-refractivity contribution >= 4 is 43.5 Å². The SMILES string of the molecule is N#Cc1cc2c(=O)oc(=O)c3cc(C#N)c4c5ccccc5oc1c4c23. The van der Waals surface area contributed by atoms with Gasteiger partial charge in [-0.15, -0.1) is 0 Å². The zero-order chi connectivity index (χ0) is 18.0. The molecule has 120 valence electrons. The molecular weight excluding hydrogens is 332 g/mol. The van der Waals surface area contributed by atoms with Crippen LogP contribution in [-0.4, -0.2) is 0 Å². The van der Waals surface area contributed by atoms with Gasteiger partial charge >= 0.3 is 11.3 Å². The van der Waals surface area contributed by atoms with Crippen molar-refractivity contribution in [2.24, 2.45) is 0 Å². The van der Waals surface area contributed by atoms with Gasteiger partial charge in [0.05, 0.1) is 28.0 Å². The van der Waals surface area contributed by atoms with E-state index in [1.807, 2.05) is 6.07 Å². The Morgan fingerprint density at radius 2 is 1.38 bits per heavy atom. The third-order valence-electron chi connectivity index (χ3n) is 4.59. The Hall–Kier alpha value is -4.16. The Balaban J connectivity index is 2.34. The molecular formula is C20H6N2O4. The number of hydrogen-bond donors (Lipinski definition) is 0. The van der Waals surface area contributed by atoms with E-state index >= 15 is 0 Å². The van der Waals surface area contributed by atoms with Crippen molar-refractivity contribution in [1.82, 2.24) is 0 Å². The van der Waals surface area contributed by atoms with Crippen LogP contribution in [0.3, 0.4) is 0 Å². The van der Waals surface area contributed by atoms with Crippen molar-refractivity contribution in [3.8, 4) is 12.1 Å². The lowest BCUT2D eigenvalue weighted by atomic mass is 9.92. The lowest BCUT2D eigenvalue weighted by Crippen LogP contribution is -2.13. The predicted molar refractivity (Wildman–Crippen MR) is 94.2 cm³/mol. The highest BCUT2D eigenvalue weighted by molar-refractivity contribution is 6.28. The Morgan fingerprint density at radius 3 is 2.08 bits per heavy atom. The van der Waals surface area contributed by atoms with Gasteiger partial charge in [-0.2, -0.15) is 10.5 Å². The zero-order valence-corrected chi connectivity index (χ0v) is 13.0. The fourth-order valence-electron chi connectivity index (χ4n) is 3.55. The molecule has 0 unspecified atom stereocenters. The van der Waals surface area contributed by atoms with Crippen LogP contribution in [0.25, 0.3) is 43.5 Å². The zero-order valence-electron chi connectivity index (χ0n) is 13.0. The molecule has 0 fully saturated rings. The van der Waals surface area contributed by atoms with E-state index in [0.29, 0.717) is 27.1 Å². The number of nitriles is 2. The van der Waals surface area contributed by atoms with Crippen LogP contribution in [0, 0.1) is 22.7 Å². The van der Waals surface area contributed by atoms with Gasteiger partial charge < -0.3 is 8.83 Å². The number of nitrogens with zero attached hydrogens (tertiary/aromatic N) is 2. The number of benzene rings is 3. The number of fused-ring (bicyclic) bond motifs is 2. The summed E-state index contributed by atoms with van der Waals surface area (Å²) in [6.07, 6.45) is 0. The van der Waals surface area contributed by atoms with Gasteiger partial charge in [0, 0.05) is 21.5 Å². The quantitative estimate of drug-likeness (QED) is 0.316. The van der Waals surface area contributed by atoms with Gasteiger partial charge in [-0.3, -0.25) is 0 Å². The van der Waals surface area contributed by atoms with E-state index in [0.717, 1.165) is 0 Å². The molecule has 6 nitrogen and oxygen atoms in total. The van der Waals surface area contributed by atoms with Crippen molar-refractivity contribution in [3.05, 3.63) is 68.4 Å². The van der Waals surface area contributed by atoms with E-state index in [9.17, 15) is 20.1 Å². The first kappa shape index (κ1) is 14.2. The summed E-state index contributed by atoms with van der Waals surface area (Å²) in [4.78, 5) is 24.4. The Morgan fingerprint density at radius 1 is 0.731 bits per heavy atom. The van der Waals surface area contributed by atoms with Crippen molar-refractivity contribution in [1.29, 1.82) is 10.5 Å². The number of para-hydroxylation sites is 1. The van der Waals surface area contributed by atoms with Gasteiger partial charge in [-0.1, -0.05) is 18.2 Å². The molecule has 0 atom stereocenters. The molecule has 0 radical (unpaired) electrons. The molecule has 5 aromatic rings. The molecule has 6 heteroatoms. The van der Waals surface area contributed by atoms with E-state index in [1.165, 1.54) is 12.1 Å². The minimum atomic E-state index is -0.819. The maximum absolute atomic E-state index is 12.2. The van der Waals surface area contributed by atoms with Gasteiger partial charge in [0.15, 0.2) is 5.58 Å². The molecule has 0 saturated carbocycles. The average molecular weight is 338 g/mol. The normalized spacial score (nSPS) is 11.3. The highest BCUT2D eigenvalue weighted by Gasteiger charge is 2.22. The minimum absolute atomic E-state index is 0.114. The Kier molecular flexibility index (Phi) is 2.56. The van der Waals surface area contributed by atoms with Crippen LogP contribution in [0.4, 0.5) is 0 Å². The maximum Gasteiger partial charge on any atom is 0.346 e. The smallest absolute Gasteiger partial charge is 0.346 e. The molecule has 3 aromatic carbocycles. The monoisotopic (exact) mass is 338 g/mol. The van der Waals surface area contributed by atoms with E-state index in [2.05, 4.69) is 6.07 Å². The van der Waals surface area contributed by atoms with Crippen LogP contribution in [0.15, 0.2) is 54.8 Å². The largest absolute Gasteiger partial charge is 0.455 e. The van der Waals surface area contributed by atoms with Crippen molar-refractivity contribution in [2.75, 3.05) is 0 Å². The van der Waals surface area contributed by atoms with E-state index in [1.54, 1.807) is 24.3 Å². The molecule has 0 aliphatic carbocycles. The maximum atomic E-state index is 12.2. The first-order valence-corrected chi connectivity index (χ1v) is 7.65. The molecule has 0 spiro atoms. The molecule has 0 aliphatic rings. The average Bonchev–Trinajstić information content (AvgIpc) is 2.67. The van der Waals surface area contributed by atoms with Gasteiger partial charge in [-0.25, -0.2) is 9.59 Å². The number of rotatable bonds is 0. The first-order chi connectivity index (χ1) is 12.6. The molecule has 0 saturated heterocycles. The molecule has 0 aliphatic heterocycles. The summed E-state index contributed by atoms with van der Waals surface area (Å²) < 4.78 is 10.7. The molecule has 26 heavy (non-hydrogen) atoms. The lowest BCUT2D eigenvalue weighted by Gasteiger charge is -2.13. The Bertz CT molecular complexity index is 1560. The summed E-state index contributed by atoms with van der Waals surface area (Å²) in [6, 6.07) is 14.0. The lowest BCUT2D eigenvalue weighted by molar-refractivity contribution is 0.488. The third-order valence-corrected chi connectivity index (χ3v) is 4.59. The third kappa shape index (κ3) is 1.58. The summed E-state index contributed by atoms with van der Waals surface area (Å²) in [7, 11) is 0. The standard InChI is InChI=1S/C20H6N2O4/c21-7-9-5-12-16-13(20(24)26-19(12)23)6-10(8-22)18-17(16)15(9)11-3-1-2-4-14(11)25-18/h1-6H. The van der Waals surface area contributed by atoms with Crippen LogP contribution in [0.2, 0.25) is 0 Å². The topological polar surface area (TPSA) is 108 Å². The van der Waals surface area contributed by atoms with Crippen molar-refractivity contribution in [2.45, 2.75) is 0 Å². The summed E-state index contributed by atoms with van der Waals surface area (Å²) in [5.74, 6) is 0. The van der Waals surface area contributed by atoms with Gasteiger partial charge in [0.25, 0.3) is 0 Å². The summed E-state index contributed by atoms with van der Waals surface area (Å²) in [5, 5.41) is 21.4. The second-order valence-corrected chi connectivity index (χ2v) is 5.90. The van der Waals surface area contributed by atoms with E-state index in [-0.39, 0.29) is 27.5 Å². The van der Waals surface area contributed by atoms with Gasteiger partial charge in [0.2, 0.25) is 0 Å². The van der Waals surface area contributed by atoms with Crippen molar-refractivity contribution in [3.63, 3.8) is 0 Å². The van der Waals surface area contributed by atoms with Crippen LogP contribution in [0.1, 0.15) is 11.1 Å². The first-order valence-electron chi connectivity index (χ1n) is 7.65. The van der Waals surface area contributed by atoms with Crippen LogP contribution >= 0.6 is 0 Å². The second-order valence-electron chi connectivity index (χ2n) is 5.90. The molecule has 0 bridgehead atoms. The van der Waals surface area contributed by atoms with Gasteiger partial charge in [0.1, 0.15) is 11.7 Å². The summed E-state index contributed by atoms with van der Waals surface area (Å²) >= 11 is 0. The summed E-state index contributed by atoms with van der Waals surface area (Å²) in [6.45, 7) is 0. The summed E-state index contributed by atoms with van der Waals surface area (Å²) in [5.41, 5.74) is -0.519. The Labute approximate surface area is 144 Å². The molecule has 0 N–H and O–H groups in total. The van der Waals surface area contributed by atoms with Crippen LogP contribution in [-0.2, 0) is 0 Å². The molecule has 2 aromatic heterocycles. The van der Waals surface area contributed by atoms with E-state index in [4.69, 9.17) is 8.83 Å².